The standard InChI is InChI=1S/C25H40O5Si/c1-19(2)12-11-13-20(3)14-15-24(30-22(5)27)23(18-28-21(4)26)16-17-29-31(9,10)25(6,7)8/h12,14,16,24H,15,17-18H2,1-10H3/b20-14+,23-16+. The smallest absolute Gasteiger partial charge is 0.303 e. The highest BCUT2D eigenvalue weighted by Gasteiger charge is 2.36. The average Bonchev–Trinajstić information content (AvgIpc) is 2.59. The number of esters is 2. The molecular formula is C25H40O5Si. The van der Waals surface area contributed by atoms with Gasteiger partial charge in [-0.1, -0.05) is 50.3 Å². The molecule has 0 bridgehead atoms. The van der Waals surface area contributed by atoms with E-state index in [1.165, 1.54) is 13.8 Å². The Morgan fingerprint density at radius 3 is 2.10 bits per heavy atom. The van der Waals surface area contributed by atoms with Gasteiger partial charge in [0.1, 0.15) is 12.7 Å². The van der Waals surface area contributed by atoms with Crippen molar-refractivity contribution in [3.63, 3.8) is 0 Å². The number of allylic oxidation sites excluding steroid dienone is 3. The number of hydrogen-bond acceptors (Lipinski definition) is 5. The zero-order valence-electron chi connectivity index (χ0n) is 21.0. The van der Waals surface area contributed by atoms with Gasteiger partial charge in [-0.15, -0.1) is 0 Å². The molecule has 0 saturated heterocycles. The van der Waals surface area contributed by atoms with E-state index in [0.29, 0.717) is 18.6 Å². The molecule has 0 aliphatic rings. The normalized spacial score (nSPS) is 13.6. The third kappa shape index (κ3) is 13.0. The molecule has 31 heavy (non-hydrogen) atoms. The van der Waals surface area contributed by atoms with Crippen LogP contribution in [0, 0.1) is 11.8 Å². The van der Waals surface area contributed by atoms with Gasteiger partial charge in [0.05, 0.1) is 6.61 Å². The van der Waals surface area contributed by atoms with Crippen LogP contribution >= 0.6 is 0 Å². The second-order valence-corrected chi connectivity index (χ2v) is 14.2. The van der Waals surface area contributed by atoms with Crippen LogP contribution in [0.2, 0.25) is 18.1 Å². The molecule has 0 radical (unpaired) electrons. The van der Waals surface area contributed by atoms with Crippen molar-refractivity contribution in [3.8, 4) is 11.8 Å². The first-order valence-corrected chi connectivity index (χ1v) is 13.5. The summed E-state index contributed by atoms with van der Waals surface area (Å²) in [4.78, 5) is 23.1. The molecule has 0 heterocycles. The Bertz CT molecular complexity index is 766. The molecule has 0 aliphatic carbocycles. The molecule has 5 nitrogen and oxygen atoms in total. The monoisotopic (exact) mass is 448 g/mol. The van der Waals surface area contributed by atoms with Crippen LogP contribution in [0.3, 0.4) is 0 Å². The second-order valence-electron chi connectivity index (χ2n) is 9.34. The molecular weight excluding hydrogens is 408 g/mol. The predicted octanol–water partition coefficient (Wildman–Crippen LogP) is 5.74. The van der Waals surface area contributed by atoms with Gasteiger partial charge < -0.3 is 13.9 Å². The van der Waals surface area contributed by atoms with Crippen LogP contribution in [0.5, 0.6) is 0 Å². The lowest BCUT2D eigenvalue weighted by molar-refractivity contribution is -0.145. The molecule has 1 atom stereocenters. The van der Waals surface area contributed by atoms with E-state index in [2.05, 4.69) is 45.7 Å². The predicted molar refractivity (Wildman–Crippen MR) is 129 cm³/mol. The summed E-state index contributed by atoms with van der Waals surface area (Å²) in [6.45, 7) is 19.9. The minimum absolute atomic E-state index is 0.0461. The Morgan fingerprint density at radius 2 is 1.61 bits per heavy atom. The minimum Gasteiger partial charge on any atom is -0.461 e. The van der Waals surface area contributed by atoms with Gasteiger partial charge in [-0.2, -0.15) is 0 Å². The molecule has 0 aromatic heterocycles. The van der Waals surface area contributed by atoms with Gasteiger partial charge in [0.15, 0.2) is 8.32 Å². The average molecular weight is 449 g/mol. The van der Waals surface area contributed by atoms with E-state index in [1.807, 2.05) is 39.0 Å². The highest BCUT2D eigenvalue weighted by molar-refractivity contribution is 6.74. The molecule has 1 unspecified atom stereocenters. The fourth-order valence-electron chi connectivity index (χ4n) is 2.15. The van der Waals surface area contributed by atoms with Crippen molar-refractivity contribution in [3.05, 3.63) is 34.9 Å². The van der Waals surface area contributed by atoms with Crippen molar-refractivity contribution in [2.45, 2.75) is 86.0 Å². The molecule has 0 saturated carbocycles. The highest BCUT2D eigenvalue weighted by Crippen LogP contribution is 2.36. The Morgan fingerprint density at radius 1 is 1.00 bits per heavy atom. The first kappa shape index (κ1) is 28.9. The molecule has 0 aromatic rings. The first-order chi connectivity index (χ1) is 14.2. The number of carbonyl (C=O) groups excluding carboxylic acids is 2. The Hall–Kier alpha value is -2.10. The molecule has 0 N–H and O–H groups in total. The van der Waals surface area contributed by atoms with E-state index in [4.69, 9.17) is 13.9 Å². The van der Waals surface area contributed by atoms with Gasteiger partial charge in [0, 0.05) is 25.8 Å². The second kappa shape index (κ2) is 13.3. The lowest BCUT2D eigenvalue weighted by Gasteiger charge is -2.36. The van der Waals surface area contributed by atoms with Gasteiger partial charge in [0.25, 0.3) is 0 Å². The Labute approximate surface area is 190 Å². The fourth-order valence-corrected chi connectivity index (χ4v) is 3.08. The largest absolute Gasteiger partial charge is 0.461 e. The number of rotatable bonds is 9. The maximum absolute atomic E-state index is 11.7. The van der Waals surface area contributed by atoms with Gasteiger partial charge in [0.2, 0.25) is 0 Å². The van der Waals surface area contributed by atoms with Gasteiger partial charge >= 0.3 is 11.9 Å². The van der Waals surface area contributed by atoms with Crippen molar-refractivity contribution in [2.75, 3.05) is 13.2 Å². The number of ether oxygens (including phenoxy) is 2. The van der Waals surface area contributed by atoms with Crippen LogP contribution in [0.1, 0.15) is 61.8 Å². The Balaban J connectivity index is 5.66. The quantitative estimate of drug-likeness (QED) is 0.195. The minimum atomic E-state index is -1.94. The van der Waals surface area contributed by atoms with Crippen LogP contribution in [0.15, 0.2) is 34.9 Å². The van der Waals surface area contributed by atoms with E-state index in [0.717, 1.165) is 11.1 Å². The highest BCUT2D eigenvalue weighted by atomic mass is 28.4. The van der Waals surface area contributed by atoms with Crippen molar-refractivity contribution in [1.82, 2.24) is 0 Å². The van der Waals surface area contributed by atoms with Crippen LogP contribution in [-0.2, 0) is 23.5 Å². The van der Waals surface area contributed by atoms with Gasteiger partial charge in [-0.25, -0.2) is 0 Å². The Kier molecular flexibility index (Phi) is 12.4. The van der Waals surface area contributed by atoms with Crippen LogP contribution in [-0.4, -0.2) is 39.6 Å². The van der Waals surface area contributed by atoms with Crippen molar-refractivity contribution < 1.29 is 23.5 Å². The van der Waals surface area contributed by atoms with Gasteiger partial charge in [-0.05, 0) is 50.6 Å². The number of hydrogen-bond donors (Lipinski definition) is 0. The molecule has 0 aliphatic heterocycles. The van der Waals surface area contributed by atoms with E-state index >= 15 is 0 Å². The van der Waals surface area contributed by atoms with Crippen LogP contribution in [0.25, 0.3) is 0 Å². The summed E-state index contributed by atoms with van der Waals surface area (Å²) >= 11 is 0. The van der Waals surface area contributed by atoms with Crippen LogP contribution < -0.4 is 0 Å². The molecule has 174 valence electrons. The third-order valence-electron chi connectivity index (χ3n) is 5.03. The zero-order valence-corrected chi connectivity index (χ0v) is 22.0. The lowest BCUT2D eigenvalue weighted by Crippen LogP contribution is -2.40. The molecule has 6 heteroatoms. The topological polar surface area (TPSA) is 61.8 Å². The van der Waals surface area contributed by atoms with E-state index < -0.39 is 26.4 Å². The first-order valence-electron chi connectivity index (χ1n) is 10.6. The molecule has 0 spiro atoms. The SMILES string of the molecule is CC(=O)OC/C(=C\CO[Si](C)(C)C(C)(C)C)C(C/C=C(\C)C#CC=C(C)C)OC(C)=O. The van der Waals surface area contributed by atoms with Gasteiger partial charge in [-0.3, -0.25) is 9.59 Å². The summed E-state index contributed by atoms with van der Waals surface area (Å²) in [5.41, 5.74) is 2.70. The van der Waals surface area contributed by atoms with Crippen molar-refractivity contribution in [1.29, 1.82) is 0 Å². The van der Waals surface area contributed by atoms with Crippen LogP contribution in [0.4, 0.5) is 0 Å². The number of carbonyl (C=O) groups is 2. The summed E-state index contributed by atoms with van der Waals surface area (Å²) in [6.07, 6.45) is 5.53. The summed E-state index contributed by atoms with van der Waals surface area (Å²) < 4.78 is 17.0. The third-order valence-corrected chi connectivity index (χ3v) is 9.53. The van der Waals surface area contributed by atoms with E-state index in [1.54, 1.807) is 0 Å². The van der Waals surface area contributed by atoms with E-state index in [9.17, 15) is 9.59 Å². The lowest BCUT2D eigenvalue weighted by atomic mass is 10.1. The van der Waals surface area contributed by atoms with Crippen molar-refractivity contribution >= 4 is 20.3 Å². The fraction of sp³-hybridized carbons (Fsp3) is 0.600. The molecule has 0 amide bonds. The van der Waals surface area contributed by atoms with Crippen molar-refractivity contribution in [2.24, 2.45) is 0 Å². The summed E-state index contributed by atoms with van der Waals surface area (Å²) in [7, 11) is -1.94. The summed E-state index contributed by atoms with van der Waals surface area (Å²) in [5.74, 6) is 5.27. The summed E-state index contributed by atoms with van der Waals surface area (Å²) in [5, 5.41) is 0.0793. The molecule has 0 rings (SSSR count). The maximum atomic E-state index is 11.7. The summed E-state index contributed by atoms with van der Waals surface area (Å²) in [6, 6.07) is 0. The van der Waals surface area contributed by atoms with E-state index in [-0.39, 0.29) is 11.6 Å². The zero-order chi connectivity index (χ0) is 24.2. The maximum Gasteiger partial charge on any atom is 0.303 e. The molecule has 0 aromatic carbocycles. The molecule has 0 fully saturated rings.